The van der Waals surface area contributed by atoms with Gasteiger partial charge in [-0.15, -0.1) is 0 Å². The van der Waals surface area contributed by atoms with Crippen molar-refractivity contribution in [3.05, 3.63) is 84.4 Å². The number of anilines is 1. The predicted molar refractivity (Wildman–Crippen MR) is 115 cm³/mol. The Balaban J connectivity index is 1.36. The Morgan fingerprint density at radius 1 is 0.933 bits per heavy atom. The maximum Gasteiger partial charge on any atom is 0.262 e. The molecule has 0 aliphatic carbocycles. The van der Waals surface area contributed by atoms with Gasteiger partial charge in [0.2, 0.25) is 5.82 Å². The minimum absolute atomic E-state index is 0.0733. The van der Waals surface area contributed by atoms with E-state index in [4.69, 9.17) is 9.26 Å². The zero-order valence-corrected chi connectivity index (χ0v) is 16.5. The maximum atomic E-state index is 12.2. The first kappa shape index (κ1) is 19.4. The number of rotatable bonds is 7. The molecule has 0 saturated carbocycles. The third-order valence-electron chi connectivity index (χ3n) is 4.60. The second-order valence-electron chi connectivity index (χ2n) is 6.66. The normalized spacial score (nSPS) is 10.6. The number of aryl methyl sites for hydroxylation is 1. The van der Waals surface area contributed by atoms with Crippen LogP contribution in [0, 0.1) is 0 Å². The fourth-order valence-corrected chi connectivity index (χ4v) is 3.02. The SMILES string of the molecule is CCc1ccccc1NC(=O)COc1ccc(-c2nc(-c3ccccc3)no2)cc1. The Morgan fingerprint density at radius 2 is 1.67 bits per heavy atom. The van der Waals surface area contributed by atoms with Crippen molar-refractivity contribution in [1.29, 1.82) is 0 Å². The van der Waals surface area contributed by atoms with Crippen molar-refractivity contribution >= 4 is 11.6 Å². The summed E-state index contributed by atoms with van der Waals surface area (Å²) >= 11 is 0. The smallest absolute Gasteiger partial charge is 0.262 e. The van der Waals surface area contributed by atoms with Gasteiger partial charge in [0.05, 0.1) is 0 Å². The van der Waals surface area contributed by atoms with Gasteiger partial charge in [-0.05, 0) is 42.3 Å². The van der Waals surface area contributed by atoms with Crippen molar-refractivity contribution < 1.29 is 14.1 Å². The Morgan fingerprint density at radius 3 is 2.43 bits per heavy atom. The summed E-state index contributed by atoms with van der Waals surface area (Å²) in [7, 11) is 0. The summed E-state index contributed by atoms with van der Waals surface area (Å²) < 4.78 is 11.0. The highest BCUT2D eigenvalue weighted by Crippen LogP contribution is 2.24. The number of benzene rings is 3. The molecule has 3 aromatic carbocycles. The van der Waals surface area contributed by atoms with Crippen molar-refractivity contribution in [2.24, 2.45) is 0 Å². The van der Waals surface area contributed by atoms with Gasteiger partial charge < -0.3 is 14.6 Å². The quantitative estimate of drug-likeness (QED) is 0.474. The summed E-state index contributed by atoms with van der Waals surface area (Å²) in [6.07, 6.45) is 0.848. The Bertz CT molecular complexity index is 1120. The van der Waals surface area contributed by atoms with E-state index in [0.717, 1.165) is 28.8 Å². The molecule has 0 spiro atoms. The lowest BCUT2D eigenvalue weighted by Gasteiger charge is -2.10. The molecule has 0 aliphatic heterocycles. The standard InChI is InChI=1S/C24H21N3O3/c1-2-17-8-6-7-11-21(17)25-22(28)16-29-20-14-12-19(13-15-20)24-26-23(27-30-24)18-9-4-3-5-10-18/h3-15H,2,16H2,1H3,(H,25,28). The van der Waals surface area contributed by atoms with Crippen molar-refractivity contribution in [1.82, 2.24) is 10.1 Å². The van der Waals surface area contributed by atoms with Gasteiger partial charge in [0.1, 0.15) is 5.75 Å². The lowest BCUT2D eigenvalue weighted by molar-refractivity contribution is -0.118. The van der Waals surface area contributed by atoms with E-state index >= 15 is 0 Å². The van der Waals surface area contributed by atoms with Crippen LogP contribution in [0.15, 0.2) is 83.4 Å². The van der Waals surface area contributed by atoms with Gasteiger partial charge in [-0.3, -0.25) is 4.79 Å². The first-order chi connectivity index (χ1) is 14.7. The molecule has 0 atom stereocenters. The van der Waals surface area contributed by atoms with Crippen LogP contribution in [-0.4, -0.2) is 22.7 Å². The minimum atomic E-state index is -0.204. The van der Waals surface area contributed by atoms with E-state index in [2.05, 4.69) is 22.4 Å². The molecule has 0 radical (unpaired) electrons. The Hall–Kier alpha value is -3.93. The van der Waals surface area contributed by atoms with Crippen LogP contribution in [-0.2, 0) is 11.2 Å². The molecule has 0 unspecified atom stereocenters. The molecule has 1 aromatic heterocycles. The second-order valence-corrected chi connectivity index (χ2v) is 6.66. The van der Waals surface area contributed by atoms with Crippen LogP contribution in [0.25, 0.3) is 22.8 Å². The number of nitrogens with zero attached hydrogens (tertiary/aromatic N) is 2. The lowest BCUT2D eigenvalue weighted by Crippen LogP contribution is -2.20. The fraction of sp³-hybridized carbons (Fsp3) is 0.125. The summed E-state index contributed by atoms with van der Waals surface area (Å²) in [6, 6.07) is 24.6. The first-order valence-electron chi connectivity index (χ1n) is 9.73. The molecule has 1 heterocycles. The monoisotopic (exact) mass is 399 g/mol. The van der Waals surface area contributed by atoms with E-state index < -0.39 is 0 Å². The molecule has 0 bridgehead atoms. The predicted octanol–water partition coefficient (Wildman–Crippen LogP) is 4.98. The topological polar surface area (TPSA) is 77.2 Å². The van der Waals surface area contributed by atoms with Gasteiger partial charge in [0, 0.05) is 16.8 Å². The van der Waals surface area contributed by atoms with Crippen molar-refractivity contribution in [3.8, 4) is 28.6 Å². The molecule has 0 fully saturated rings. The lowest BCUT2D eigenvalue weighted by atomic mass is 10.1. The number of para-hydroxylation sites is 1. The summed E-state index contributed by atoms with van der Waals surface area (Å²) in [5.41, 5.74) is 3.57. The number of carbonyl (C=O) groups is 1. The second kappa shape index (κ2) is 9.05. The van der Waals surface area contributed by atoms with Crippen LogP contribution in [0.3, 0.4) is 0 Å². The molecular weight excluding hydrogens is 378 g/mol. The van der Waals surface area contributed by atoms with Gasteiger partial charge in [-0.2, -0.15) is 4.98 Å². The minimum Gasteiger partial charge on any atom is -0.484 e. The van der Waals surface area contributed by atoms with Crippen LogP contribution in [0.5, 0.6) is 5.75 Å². The fourth-order valence-electron chi connectivity index (χ4n) is 3.02. The number of carbonyl (C=O) groups excluding carboxylic acids is 1. The van der Waals surface area contributed by atoms with Crippen LogP contribution >= 0.6 is 0 Å². The average Bonchev–Trinajstić information content (AvgIpc) is 3.29. The molecule has 4 aromatic rings. The molecule has 1 amide bonds. The van der Waals surface area contributed by atoms with E-state index in [1.54, 1.807) is 12.1 Å². The van der Waals surface area contributed by atoms with E-state index in [-0.39, 0.29) is 12.5 Å². The number of nitrogens with one attached hydrogen (secondary N) is 1. The molecule has 1 N–H and O–H groups in total. The number of hydrogen-bond acceptors (Lipinski definition) is 5. The largest absolute Gasteiger partial charge is 0.484 e. The molecular formula is C24H21N3O3. The zero-order valence-electron chi connectivity index (χ0n) is 16.5. The van der Waals surface area contributed by atoms with E-state index in [1.807, 2.05) is 66.7 Å². The van der Waals surface area contributed by atoms with Crippen LogP contribution in [0.2, 0.25) is 0 Å². The summed E-state index contributed by atoms with van der Waals surface area (Å²) in [5.74, 6) is 1.34. The van der Waals surface area contributed by atoms with Crippen molar-refractivity contribution in [2.75, 3.05) is 11.9 Å². The average molecular weight is 399 g/mol. The summed E-state index contributed by atoms with van der Waals surface area (Å²) in [5, 5.41) is 6.92. The van der Waals surface area contributed by atoms with Gasteiger partial charge in [0.25, 0.3) is 11.8 Å². The van der Waals surface area contributed by atoms with E-state index in [9.17, 15) is 4.79 Å². The number of hydrogen-bond donors (Lipinski definition) is 1. The summed E-state index contributed by atoms with van der Waals surface area (Å²) in [4.78, 5) is 16.6. The van der Waals surface area contributed by atoms with Gasteiger partial charge in [-0.25, -0.2) is 0 Å². The highest BCUT2D eigenvalue weighted by molar-refractivity contribution is 5.92. The highest BCUT2D eigenvalue weighted by atomic mass is 16.5. The van der Waals surface area contributed by atoms with E-state index in [1.165, 1.54) is 0 Å². The molecule has 30 heavy (non-hydrogen) atoms. The molecule has 150 valence electrons. The molecule has 0 saturated heterocycles. The van der Waals surface area contributed by atoms with E-state index in [0.29, 0.717) is 17.5 Å². The van der Waals surface area contributed by atoms with Crippen molar-refractivity contribution in [2.45, 2.75) is 13.3 Å². The van der Waals surface area contributed by atoms with Crippen LogP contribution in [0.1, 0.15) is 12.5 Å². The first-order valence-corrected chi connectivity index (χ1v) is 9.73. The third kappa shape index (κ3) is 4.55. The number of ether oxygens (including phenoxy) is 1. The molecule has 6 nitrogen and oxygen atoms in total. The molecule has 6 heteroatoms. The third-order valence-corrected chi connectivity index (χ3v) is 4.60. The Kier molecular flexibility index (Phi) is 5.85. The molecule has 4 rings (SSSR count). The number of amides is 1. The summed E-state index contributed by atoms with van der Waals surface area (Å²) in [6.45, 7) is 1.98. The molecule has 0 aliphatic rings. The zero-order chi connectivity index (χ0) is 20.8. The van der Waals surface area contributed by atoms with Gasteiger partial charge in [0.15, 0.2) is 6.61 Å². The Labute approximate surface area is 174 Å². The van der Waals surface area contributed by atoms with Gasteiger partial charge in [-0.1, -0.05) is 60.6 Å². The van der Waals surface area contributed by atoms with Gasteiger partial charge >= 0.3 is 0 Å². The highest BCUT2D eigenvalue weighted by Gasteiger charge is 2.11. The van der Waals surface area contributed by atoms with Crippen LogP contribution in [0.4, 0.5) is 5.69 Å². The maximum absolute atomic E-state index is 12.2. The van der Waals surface area contributed by atoms with Crippen molar-refractivity contribution in [3.63, 3.8) is 0 Å². The van der Waals surface area contributed by atoms with Crippen LogP contribution < -0.4 is 10.1 Å². The number of aromatic nitrogens is 2.